The van der Waals surface area contributed by atoms with Gasteiger partial charge in [0, 0.05) is 12.0 Å². The SMILES string of the molecule is CCCC(C)NC(=O)c1nc(C(C)C)ncc1NN. The second kappa shape index (κ2) is 7.04. The molecule has 106 valence electrons. The molecule has 1 unspecified atom stereocenters. The normalized spacial score (nSPS) is 12.3. The van der Waals surface area contributed by atoms with E-state index in [1.54, 1.807) is 6.20 Å². The van der Waals surface area contributed by atoms with E-state index in [2.05, 4.69) is 27.6 Å². The first kappa shape index (κ1) is 15.4. The number of hydrazine groups is 1. The molecule has 1 amide bonds. The standard InChI is InChI=1S/C13H23N5O/c1-5-6-9(4)16-13(19)11-10(18-14)7-15-12(17-11)8(2)3/h7-9,18H,5-6,14H2,1-4H3,(H,16,19). The highest BCUT2D eigenvalue weighted by molar-refractivity contribution is 5.97. The zero-order chi connectivity index (χ0) is 14.4. The topological polar surface area (TPSA) is 92.9 Å². The van der Waals surface area contributed by atoms with E-state index in [9.17, 15) is 4.79 Å². The van der Waals surface area contributed by atoms with E-state index in [4.69, 9.17) is 5.84 Å². The van der Waals surface area contributed by atoms with Crippen LogP contribution in [-0.4, -0.2) is 21.9 Å². The minimum Gasteiger partial charge on any atom is -0.348 e. The number of nitrogen functional groups attached to an aromatic ring is 1. The van der Waals surface area contributed by atoms with Gasteiger partial charge in [0.2, 0.25) is 0 Å². The molecule has 4 N–H and O–H groups in total. The van der Waals surface area contributed by atoms with Crippen LogP contribution in [0.25, 0.3) is 0 Å². The molecule has 6 heteroatoms. The fourth-order valence-electron chi connectivity index (χ4n) is 1.75. The smallest absolute Gasteiger partial charge is 0.272 e. The fraction of sp³-hybridized carbons (Fsp3) is 0.615. The van der Waals surface area contributed by atoms with Gasteiger partial charge in [-0.2, -0.15) is 0 Å². The van der Waals surface area contributed by atoms with Crippen LogP contribution in [0.4, 0.5) is 5.69 Å². The summed E-state index contributed by atoms with van der Waals surface area (Å²) in [6, 6.07) is 0.112. The quantitative estimate of drug-likeness (QED) is 0.539. The van der Waals surface area contributed by atoms with Crippen LogP contribution in [0.5, 0.6) is 0 Å². The Morgan fingerprint density at radius 2 is 2.11 bits per heavy atom. The van der Waals surface area contributed by atoms with E-state index in [1.165, 1.54) is 0 Å². The lowest BCUT2D eigenvalue weighted by atomic mass is 10.1. The van der Waals surface area contributed by atoms with E-state index in [0.717, 1.165) is 12.8 Å². The van der Waals surface area contributed by atoms with Crippen molar-refractivity contribution in [3.8, 4) is 0 Å². The van der Waals surface area contributed by atoms with Gasteiger partial charge in [-0.15, -0.1) is 0 Å². The van der Waals surface area contributed by atoms with Crippen molar-refractivity contribution >= 4 is 11.6 Å². The molecule has 6 nitrogen and oxygen atoms in total. The first-order valence-corrected chi connectivity index (χ1v) is 6.64. The van der Waals surface area contributed by atoms with Crippen molar-refractivity contribution in [1.29, 1.82) is 0 Å². The molecule has 0 radical (unpaired) electrons. The van der Waals surface area contributed by atoms with Gasteiger partial charge in [-0.25, -0.2) is 9.97 Å². The summed E-state index contributed by atoms with van der Waals surface area (Å²) >= 11 is 0. The summed E-state index contributed by atoms with van der Waals surface area (Å²) in [7, 11) is 0. The highest BCUT2D eigenvalue weighted by Crippen LogP contribution is 2.15. The van der Waals surface area contributed by atoms with Crippen LogP contribution in [0, 0.1) is 0 Å². The first-order chi connectivity index (χ1) is 8.99. The van der Waals surface area contributed by atoms with Crippen molar-refractivity contribution in [3.63, 3.8) is 0 Å². The molecule has 0 fully saturated rings. The summed E-state index contributed by atoms with van der Waals surface area (Å²) in [6.45, 7) is 8.01. The molecule has 0 saturated heterocycles. The molecule has 0 aliphatic rings. The zero-order valence-electron chi connectivity index (χ0n) is 12.0. The van der Waals surface area contributed by atoms with E-state index in [-0.39, 0.29) is 17.9 Å². The lowest BCUT2D eigenvalue weighted by Gasteiger charge is -2.15. The number of nitrogens with two attached hydrogens (primary N) is 1. The minimum absolute atomic E-state index is 0.112. The maximum atomic E-state index is 12.2. The molecule has 19 heavy (non-hydrogen) atoms. The summed E-state index contributed by atoms with van der Waals surface area (Å²) in [5, 5.41) is 2.91. The number of nitrogens with one attached hydrogen (secondary N) is 2. The molecule has 1 aromatic rings. The Morgan fingerprint density at radius 3 is 2.63 bits per heavy atom. The van der Waals surface area contributed by atoms with Crippen LogP contribution >= 0.6 is 0 Å². The lowest BCUT2D eigenvalue weighted by molar-refractivity contribution is 0.0933. The molecule has 1 rings (SSSR count). The molecular weight excluding hydrogens is 242 g/mol. The van der Waals surface area contributed by atoms with E-state index < -0.39 is 0 Å². The largest absolute Gasteiger partial charge is 0.348 e. The summed E-state index contributed by atoms with van der Waals surface area (Å²) < 4.78 is 0. The second-order valence-corrected chi connectivity index (χ2v) is 4.95. The predicted octanol–water partition coefficient (Wildman–Crippen LogP) is 1.80. The Hall–Kier alpha value is -1.69. The average Bonchev–Trinajstić information content (AvgIpc) is 2.37. The van der Waals surface area contributed by atoms with Crippen molar-refractivity contribution in [1.82, 2.24) is 15.3 Å². The monoisotopic (exact) mass is 265 g/mol. The summed E-state index contributed by atoms with van der Waals surface area (Å²) in [5.74, 6) is 5.96. The van der Waals surface area contributed by atoms with Crippen LogP contribution in [-0.2, 0) is 0 Å². The molecule has 1 aromatic heterocycles. The van der Waals surface area contributed by atoms with Gasteiger partial charge in [-0.3, -0.25) is 10.6 Å². The number of aromatic nitrogens is 2. The van der Waals surface area contributed by atoms with Crippen molar-refractivity contribution in [2.24, 2.45) is 5.84 Å². The lowest BCUT2D eigenvalue weighted by Crippen LogP contribution is -2.34. The van der Waals surface area contributed by atoms with Crippen molar-refractivity contribution < 1.29 is 4.79 Å². The second-order valence-electron chi connectivity index (χ2n) is 4.95. The van der Waals surface area contributed by atoms with E-state index >= 15 is 0 Å². The van der Waals surface area contributed by atoms with Gasteiger partial charge >= 0.3 is 0 Å². The Kier molecular flexibility index (Phi) is 5.69. The van der Waals surface area contributed by atoms with Crippen LogP contribution in [0.1, 0.15) is 62.8 Å². The third-order valence-electron chi connectivity index (χ3n) is 2.79. The number of carbonyl (C=O) groups excluding carboxylic acids is 1. The van der Waals surface area contributed by atoms with Gasteiger partial charge in [-0.05, 0) is 13.3 Å². The van der Waals surface area contributed by atoms with Crippen molar-refractivity contribution in [2.75, 3.05) is 5.43 Å². The Labute approximate surface area is 114 Å². The first-order valence-electron chi connectivity index (χ1n) is 6.64. The van der Waals surface area contributed by atoms with Gasteiger partial charge in [0.25, 0.3) is 5.91 Å². The van der Waals surface area contributed by atoms with Gasteiger partial charge in [-0.1, -0.05) is 27.2 Å². The van der Waals surface area contributed by atoms with Crippen LogP contribution in [0.15, 0.2) is 6.20 Å². The number of anilines is 1. The predicted molar refractivity (Wildman–Crippen MR) is 75.8 cm³/mol. The van der Waals surface area contributed by atoms with Crippen LogP contribution in [0.2, 0.25) is 0 Å². The summed E-state index contributed by atoms with van der Waals surface area (Å²) in [6.07, 6.45) is 3.49. The third-order valence-corrected chi connectivity index (χ3v) is 2.79. The summed E-state index contributed by atoms with van der Waals surface area (Å²) in [5.41, 5.74) is 3.19. The number of hydrogen-bond acceptors (Lipinski definition) is 5. The van der Waals surface area contributed by atoms with Crippen molar-refractivity contribution in [3.05, 3.63) is 17.7 Å². The molecule has 0 bridgehead atoms. The molecule has 0 spiro atoms. The molecule has 1 heterocycles. The van der Waals surface area contributed by atoms with Crippen LogP contribution in [0.3, 0.4) is 0 Å². The molecule has 0 aromatic carbocycles. The molecular formula is C13H23N5O. The van der Waals surface area contributed by atoms with Crippen molar-refractivity contribution in [2.45, 2.75) is 52.5 Å². The van der Waals surface area contributed by atoms with Gasteiger partial charge in [0.15, 0.2) is 5.69 Å². The maximum Gasteiger partial charge on any atom is 0.272 e. The number of carbonyl (C=O) groups is 1. The Bertz CT molecular complexity index is 433. The number of nitrogens with zero attached hydrogens (tertiary/aromatic N) is 2. The number of hydrogen-bond donors (Lipinski definition) is 3. The van der Waals surface area contributed by atoms with E-state index in [1.807, 2.05) is 20.8 Å². The molecule has 0 aliphatic carbocycles. The third kappa shape index (κ3) is 4.17. The zero-order valence-corrected chi connectivity index (χ0v) is 12.0. The van der Waals surface area contributed by atoms with Gasteiger partial charge in [0.1, 0.15) is 5.82 Å². The van der Waals surface area contributed by atoms with Gasteiger partial charge in [0.05, 0.1) is 11.9 Å². The Balaban J connectivity index is 2.96. The molecule has 0 aliphatic heterocycles. The van der Waals surface area contributed by atoms with Gasteiger partial charge < -0.3 is 10.7 Å². The molecule has 0 saturated carbocycles. The number of amides is 1. The number of rotatable bonds is 6. The fourth-order valence-corrected chi connectivity index (χ4v) is 1.75. The highest BCUT2D eigenvalue weighted by atomic mass is 16.2. The minimum atomic E-state index is -0.224. The Morgan fingerprint density at radius 1 is 1.42 bits per heavy atom. The average molecular weight is 265 g/mol. The maximum absolute atomic E-state index is 12.2. The highest BCUT2D eigenvalue weighted by Gasteiger charge is 2.17. The van der Waals surface area contributed by atoms with Crippen LogP contribution < -0.4 is 16.6 Å². The van der Waals surface area contributed by atoms with E-state index in [0.29, 0.717) is 17.2 Å². The summed E-state index contributed by atoms with van der Waals surface area (Å²) in [4.78, 5) is 20.7. The molecule has 1 atom stereocenters.